The second kappa shape index (κ2) is 8.05. The molecule has 7 heteroatoms. The van der Waals surface area contributed by atoms with Crippen molar-refractivity contribution in [2.45, 2.75) is 25.2 Å². The fourth-order valence-electron chi connectivity index (χ4n) is 3.20. The van der Waals surface area contributed by atoms with Gasteiger partial charge in [0.15, 0.2) is 0 Å². The van der Waals surface area contributed by atoms with Gasteiger partial charge >= 0.3 is 0 Å². The molecule has 4 nitrogen and oxygen atoms in total. The number of amides is 1. The van der Waals surface area contributed by atoms with Crippen LogP contribution in [0.5, 0.6) is 0 Å². The lowest BCUT2D eigenvalue weighted by Gasteiger charge is -2.25. The third kappa shape index (κ3) is 3.81. The molecule has 2 aromatic carbocycles. The molecule has 1 amide bonds. The maximum atomic E-state index is 13.7. The summed E-state index contributed by atoms with van der Waals surface area (Å²) in [5, 5.41) is 3.30. The third-order valence-corrected chi connectivity index (χ3v) is 4.97. The highest BCUT2D eigenvalue weighted by atomic mass is 35.5. The van der Waals surface area contributed by atoms with Gasteiger partial charge in [0.05, 0.1) is 16.4 Å². The first-order chi connectivity index (χ1) is 13.0. The number of rotatable bonds is 6. The Hall–Kier alpha value is -2.47. The Bertz CT molecular complexity index is 882. The van der Waals surface area contributed by atoms with E-state index in [-0.39, 0.29) is 11.5 Å². The van der Waals surface area contributed by atoms with Crippen LogP contribution in [0.25, 0.3) is 0 Å². The number of halogens is 3. The molecule has 0 heterocycles. The molecule has 0 atom stereocenters. The number of benzene rings is 2. The van der Waals surface area contributed by atoms with Gasteiger partial charge in [-0.15, -0.1) is 0 Å². The van der Waals surface area contributed by atoms with Gasteiger partial charge in [0.2, 0.25) is 6.41 Å². The van der Waals surface area contributed by atoms with Crippen LogP contribution in [0.15, 0.2) is 41.4 Å². The Morgan fingerprint density at radius 2 is 2.00 bits per heavy atom. The van der Waals surface area contributed by atoms with Crippen molar-refractivity contribution < 1.29 is 13.6 Å². The Morgan fingerprint density at radius 1 is 1.30 bits per heavy atom. The summed E-state index contributed by atoms with van der Waals surface area (Å²) in [6.07, 6.45) is -0.228. The normalized spacial score (nSPS) is 14.4. The maximum Gasteiger partial charge on any atom is 0.264 e. The van der Waals surface area contributed by atoms with Crippen LogP contribution in [0.4, 0.5) is 20.2 Å². The molecule has 0 aliphatic heterocycles. The number of alkyl halides is 2. The first kappa shape index (κ1) is 19.3. The van der Waals surface area contributed by atoms with Crippen LogP contribution >= 0.6 is 11.6 Å². The first-order valence-corrected chi connectivity index (χ1v) is 8.99. The van der Waals surface area contributed by atoms with E-state index < -0.39 is 6.43 Å². The Balaban J connectivity index is 2.27. The van der Waals surface area contributed by atoms with Crippen LogP contribution in [0.2, 0.25) is 5.02 Å². The summed E-state index contributed by atoms with van der Waals surface area (Å²) in [4.78, 5) is 17.5. The summed E-state index contributed by atoms with van der Waals surface area (Å²) in [5.41, 5.74) is 1.94. The molecule has 1 saturated carbocycles. The average molecular weight is 392 g/mol. The predicted octanol–water partition coefficient (Wildman–Crippen LogP) is 5.05. The molecular weight excluding hydrogens is 372 g/mol. The number of hydrogen-bond donors (Lipinski definition) is 1. The lowest BCUT2D eigenvalue weighted by Crippen LogP contribution is -2.25. The van der Waals surface area contributed by atoms with Crippen LogP contribution in [-0.4, -0.2) is 26.3 Å². The van der Waals surface area contributed by atoms with Gasteiger partial charge in [-0.3, -0.25) is 14.7 Å². The minimum absolute atomic E-state index is 0.0161. The lowest BCUT2D eigenvalue weighted by molar-refractivity contribution is -0.106. The zero-order chi connectivity index (χ0) is 19.6. The smallest absolute Gasteiger partial charge is 0.264 e. The van der Waals surface area contributed by atoms with Crippen LogP contribution in [-0.2, 0) is 4.79 Å². The van der Waals surface area contributed by atoms with Gasteiger partial charge in [-0.05, 0) is 48.6 Å². The second-order valence-corrected chi connectivity index (χ2v) is 6.73. The molecule has 1 fully saturated rings. The van der Waals surface area contributed by atoms with Crippen molar-refractivity contribution >= 4 is 35.2 Å². The SMILES string of the molecule is C/N=C(/NC)c1cc(C(F)F)c(C2CC2)cc1N(C=O)c1ccccc1Cl. The molecule has 0 radical (unpaired) electrons. The molecule has 1 N–H and O–H groups in total. The van der Waals surface area contributed by atoms with E-state index in [1.54, 1.807) is 44.4 Å². The van der Waals surface area contributed by atoms with Crippen molar-refractivity contribution in [2.75, 3.05) is 19.0 Å². The van der Waals surface area contributed by atoms with Crippen LogP contribution < -0.4 is 10.2 Å². The Labute approximate surface area is 161 Å². The Kier molecular flexibility index (Phi) is 5.75. The van der Waals surface area contributed by atoms with Gasteiger partial charge in [-0.1, -0.05) is 23.7 Å². The van der Waals surface area contributed by atoms with Gasteiger partial charge in [0, 0.05) is 25.2 Å². The topological polar surface area (TPSA) is 44.7 Å². The fourth-order valence-corrected chi connectivity index (χ4v) is 3.43. The molecule has 27 heavy (non-hydrogen) atoms. The number of aliphatic imine (C=N–C) groups is 1. The van der Waals surface area contributed by atoms with Gasteiger partial charge in [0.25, 0.3) is 6.43 Å². The number of carbonyl (C=O) groups is 1. The monoisotopic (exact) mass is 391 g/mol. The van der Waals surface area contributed by atoms with Gasteiger partial charge < -0.3 is 5.32 Å². The summed E-state index contributed by atoms with van der Waals surface area (Å²) < 4.78 is 27.4. The third-order valence-electron chi connectivity index (χ3n) is 4.65. The van der Waals surface area contributed by atoms with Gasteiger partial charge in [-0.2, -0.15) is 0 Å². The maximum absolute atomic E-state index is 13.7. The van der Waals surface area contributed by atoms with E-state index in [1.807, 2.05) is 0 Å². The van der Waals surface area contributed by atoms with Crippen molar-refractivity contribution in [3.8, 4) is 0 Å². The van der Waals surface area contributed by atoms with E-state index in [1.165, 1.54) is 11.0 Å². The van der Waals surface area contributed by atoms with Crippen LogP contribution in [0, 0.1) is 0 Å². The van der Waals surface area contributed by atoms with Crippen molar-refractivity contribution in [2.24, 2.45) is 4.99 Å². The highest BCUT2D eigenvalue weighted by Crippen LogP contribution is 2.47. The van der Waals surface area contributed by atoms with Crippen LogP contribution in [0.1, 0.15) is 41.9 Å². The van der Waals surface area contributed by atoms with E-state index in [2.05, 4.69) is 10.3 Å². The van der Waals surface area contributed by atoms with E-state index >= 15 is 0 Å². The average Bonchev–Trinajstić information content (AvgIpc) is 3.50. The Morgan fingerprint density at radius 3 is 2.52 bits per heavy atom. The molecule has 0 unspecified atom stereocenters. The zero-order valence-electron chi connectivity index (χ0n) is 15.0. The minimum Gasteiger partial charge on any atom is -0.373 e. The van der Waals surface area contributed by atoms with Crippen molar-refractivity contribution in [1.82, 2.24) is 5.32 Å². The van der Waals surface area contributed by atoms with E-state index in [4.69, 9.17) is 11.6 Å². The molecule has 0 saturated heterocycles. The van der Waals surface area contributed by atoms with Crippen molar-refractivity contribution in [1.29, 1.82) is 0 Å². The number of carbonyl (C=O) groups excluding carboxylic acids is 1. The number of para-hydroxylation sites is 1. The first-order valence-electron chi connectivity index (χ1n) is 8.61. The molecule has 142 valence electrons. The quantitative estimate of drug-likeness (QED) is 0.425. The molecule has 2 aromatic rings. The largest absolute Gasteiger partial charge is 0.373 e. The number of nitrogens with zero attached hydrogens (tertiary/aromatic N) is 2. The lowest BCUT2D eigenvalue weighted by atomic mass is 9.97. The minimum atomic E-state index is -2.60. The van der Waals surface area contributed by atoms with E-state index in [9.17, 15) is 13.6 Å². The number of hydrogen-bond acceptors (Lipinski definition) is 2. The highest BCUT2D eigenvalue weighted by Gasteiger charge is 2.31. The molecule has 1 aliphatic carbocycles. The van der Waals surface area contributed by atoms with Crippen molar-refractivity contribution in [3.63, 3.8) is 0 Å². The predicted molar refractivity (Wildman–Crippen MR) is 105 cm³/mol. The summed E-state index contributed by atoms with van der Waals surface area (Å²) in [6, 6.07) is 10.0. The molecule has 0 bridgehead atoms. The number of anilines is 2. The number of amidine groups is 1. The number of nitrogens with one attached hydrogen (secondary N) is 1. The van der Waals surface area contributed by atoms with Crippen molar-refractivity contribution in [3.05, 3.63) is 58.1 Å². The molecular formula is C20H20ClF2N3O. The van der Waals surface area contributed by atoms with E-state index in [0.29, 0.717) is 39.8 Å². The van der Waals surface area contributed by atoms with Gasteiger partial charge in [0.1, 0.15) is 5.84 Å². The summed E-state index contributed by atoms with van der Waals surface area (Å²) in [6.45, 7) is 0. The summed E-state index contributed by atoms with van der Waals surface area (Å²) in [7, 11) is 3.22. The van der Waals surface area contributed by atoms with Crippen LogP contribution in [0.3, 0.4) is 0 Å². The van der Waals surface area contributed by atoms with E-state index in [0.717, 1.165) is 12.8 Å². The fraction of sp³-hybridized carbons (Fsp3) is 0.300. The zero-order valence-corrected chi connectivity index (χ0v) is 15.8. The molecule has 0 aromatic heterocycles. The molecule has 0 spiro atoms. The standard InChI is InChI=1S/C20H20ClF2N3O/c1-24-20(25-2)15-9-14(19(22)23)13(12-7-8-12)10-18(15)26(11-27)17-6-4-3-5-16(17)21/h3-6,9-12,19H,7-8H2,1-2H3,(H,24,25). The van der Waals surface area contributed by atoms with Gasteiger partial charge in [-0.25, -0.2) is 8.78 Å². The summed E-state index contributed by atoms with van der Waals surface area (Å²) in [5.74, 6) is 0.506. The highest BCUT2D eigenvalue weighted by molar-refractivity contribution is 6.34. The molecule has 3 rings (SSSR count). The second-order valence-electron chi connectivity index (χ2n) is 6.32. The summed E-state index contributed by atoms with van der Waals surface area (Å²) >= 11 is 6.28. The molecule has 1 aliphatic rings.